The molecule has 3 nitrogen and oxygen atoms in total. The first-order chi connectivity index (χ1) is 5.43. The highest BCUT2D eigenvalue weighted by atomic mass is 32.3. The third kappa shape index (κ3) is 1.53. The van der Waals surface area contributed by atoms with E-state index in [4.69, 9.17) is 5.11 Å². The summed E-state index contributed by atoms with van der Waals surface area (Å²) in [5, 5.41) is 8.66. The average molecular weight is 194 g/mol. The van der Waals surface area contributed by atoms with Crippen molar-refractivity contribution in [3.8, 4) is 5.75 Å². The molecule has 0 atom stereocenters. The minimum atomic E-state index is -5.09. The van der Waals surface area contributed by atoms with Gasteiger partial charge < -0.3 is 5.11 Å². The highest BCUT2D eigenvalue weighted by Crippen LogP contribution is 2.23. The number of phenolic OH excluding ortho intramolecular Hbond substituents is 1. The molecule has 1 aromatic carbocycles. The van der Waals surface area contributed by atoms with E-state index in [1.54, 1.807) is 0 Å². The van der Waals surface area contributed by atoms with Gasteiger partial charge in [-0.3, -0.25) is 0 Å². The summed E-state index contributed by atoms with van der Waals surface area (Å²) in [5.74, 6) is -2.37. The van der Waals surface area contributed by atoms with Gasteiger partial charge in [0.05, 0.1) is 0 Å². The molecule has 0 bridgehead atoms. The molecule has 66 valence electrons. The lowest BCUT2D eigenvalue weighted by Gasteiger charge is -1.98. The first-order valence-corrected chi connectivity index (χ1v) is 4.23. The second kappa shape index (κ2) is 2.71. The zero-order valence-electron chi connectivity index (χ0n) is 5.66. The molecule has 6 heteroatoms. The molecule has 0 aliphatic heterocycles. The number of aromatic hydroxyl groups is 1. The maximum atomic E-state index is 12.6. The molecule has 0 aliphatic rings. The monoisotopic (exact) mass is 194 g/mol. The molecule has 0 radical (unpaired) electrons. The van der Waals surface area contributed by atoms with Crippen molar-refractivity contribution in [3.63, 3.8) is 0 Å². The highest BCUT2D eigenvalue weighted by Gasteiger charge is 2.19. The minimum absolute atomic E-state index is 0.727. The number of rotatable bonds is 1. The highest BCUT2D eigenvalue weighted by molar-refractivity contribution is 7.86. The van der Waals surface area contributed by atoms with Crippen LogP contribution in [-0.4, -0.2) is 13.5 Å². The summed E-state index contributed by atoms with van der Waals surface area (Å²) in [4.78, 5) is -1.15. The third-order valence-corrected chi connectivity index (χ3v) is 2.05. The first-order valence-electron chi connectivity index (χ1n) is 2.85. The summed E-state index contributed by atoms with van der Waals surface area (Å²) in [6.07, 6.45) is 0. The summed E-state index contributed by atoms with van der Waals surface area (Å²) in [6, 6.07) is 2.68. The maximum absolute atomic E-state index is 12.6. The summed E-state index contributed by atoms with van der Waals surface area (Å²) in [6.45, 7) is 0. The second-order valence-corrected chi connectivity index (χ2v) is 3.34. The van der Waals surface area contributed by atoms with Crippen molar-refractivity contribution in [2.24, 2.45) is 0 Å². The van der Waals surface area contributed by atoms with Gasteiger partial charge in [-0.25, -0.2) is 4.39 Å². The quantitative estimate of drug-likeness (QED) is 0.683. The maximum Gasteiger partial charge on any atom is 0.335 e. The normalized spacial score (nSPS) is 11.5. The van der Waals surface area contributed by atoms with Gasteiger partial charge in [0.15, 0.2) is 11.6 Å². The van der Waals surface area contributed by atoms with Crippen LogP contribution in [0.25, 0.3) is 0 Å². The zero-order chi connectivity index (χ0) is 9.35. The Bertz CT molecular complexity index is 399. The van der Waals surface area contributed by atoms with Crippen LogP contribution in [0.3, 0.4) is 0 Å². The molecule has 1 N–H and O–H groups in total. The Morgan fingerprint density at radius 2 is 1.92 bits per heavy atom. The van der Waals surface area contributed by atoms with E-state index in [0.29, 0.717) is 0 Å². The minimum Gasteiger partial charge on any atom is -0.505 e. The van der Waals surface area contributed by atoms with Crippen molar-refractivity contribution >= 4 is 10.2 Å². The SMILES string of the molecule is O=S(=O)(F)c1cccc(O)c1F. The summed E-state index contributed by atoms with van der Waals surface area (Å²) in [5.41, 5.74) is 0. The average Bonchev–Trinajstić information content (AvgIpc) is 1.92. The van der Waals surface area contributed by atoms with E-state index in [1.807, 2.05) is 0 Å². The van der Waals surface area contributed by atoms with Crippen molar-refractivity contribution in [2.75, 3.05) is 0 Å². The van der Waals surface area contributed by atoms with Crippen molar-refractivity contribution < 1.29 is 21.8 Å². The Hall–Kier alpha value is -1.17. The molecule has 0 aromatic heterocycles. The lowest BCUT2D eigenvalue weighted by Crippen LogP contribution is -1.95. The summed E-state index contributed by atoms with van der Waals surface area (Å²) in [7, 11) is -5.09. The Labute approximate surface area is 67.5 Å². The molecule has 0 fully saturated rings. The molecule has 0 heterocycles. The third-order valence-electron chi connectivity index (χ3n) is 1.21. The van der Waals surface area contributed by atoms with E-state index in [-0.39, 0.29) is 0 Å². The van der Waals surface area contributed by atoms with Gasteiger partial charge in [0, 0.05) is 0 Å². The van der Waals surface area contributed by atoms with Crippen LogP contribution in [0, 0.1) is 5.82 Å². The van der Waals surface area contributed by atoms with Crippen molar-refractivity contribution in [1.82, 2.24) is 0 Å². The fraction of sp³-hybridized carbons (Fsp3) is 0. The van der Waals surface area contributed by atoms with Gasteiger partial charge in [-0.1, -0.05) is 6.07 Å². The summed E-state index contributed by atoms with van der Waals surface area (Å²) < 4.78 is 45.2. The first kappa shape index (κ1) is 8.92. The van der Waals surface area contributed by atoms with Crippen LogP contribution >= 0.6 is 0 Å². The van der Waals surface area contributed by atoms with Crippen LogP contribution in [0.15, 0.2) is 23.1 Å². The zero-order valence-corrected chi connectivity index (χ0v) is 6.48. The standard InChI is InChI=1S/C6H4F2O3S/c7-6-4(9)2-1-3-5(6)12(8,10)11/h1-3,9H. The van der Waals surface area contributed by atoms with Gasteiger partial charge in [-0.15, -0.1) is 3.89 Å². The van der Waals surface area contributed by atoms with Crippen molar-refractivity contribution in [1.29, 1.82) is 0 Å². The Morgan fingerprint density at radius 1 is 1.33 bits per heavy atom. The Morgan fingerprint density at radius 3 is 2.33 bits per heavy atom. The molecule has 0 amide bonds. The van der Waals surface area contributed by atoms with E-state index in [0.717, 1.165) is 18.2 Å². The second-order valence-electron chi connectivity index (χ2n) is 2.03. The van der Waals surface area contributed by atoms with Crippen LogP contribution < -0.4 is 0 Å². The van der Waals surface area contributed by atoms with Crippen LogP contribution in [-0.2, 0) is 10.2 Å². The summed E-state index contributed by atoms with van der Waals surface area (Å²) >= 11 is 0. The van der Waals surface area contributed by atoms with Gasteiger partial charge in [0.25, 0.3) is 0 Å². The molecular formula is C6H4F2O3S. The van der Waals surface area contributed by atoms with E-state index in [1.165, 1.54) is 0 Å². The molecule has 0 aliphatic carbocycles. The molecule has 1 aromatic rings. The van der Waals surface area contributed by atoms with E-state index < -0.39 is 26.7 Å². The van der Waals surface area contributed by atoms with Crippen molar-refractivity contribution in [2.45, 2.75) is 4.90 Å². The van der Waals surface area contributed by atoms with Gasteiger partial charge in [-0.2, -0.15) is 8.42 Å². The predicted molar refractivity (Wildman–Crippen MR) is 36.4 cm³/mol. The van der Waals surface area contributed by atoms with E-state index >= 15 is 0 Å². The molecule has 0 unspecified atom stereocenters. The van der Waals surface area contributed by atoms with E-state index in [2.05, 4.69) is 0 Å². The van der Waals surface area contributed by atoms with Crippen LogP contribution in [0.4, 0.5) is 8.28 Å². The lowest BCUT2D eigenvalue weighted by atomic mass is 10.3. The Balaban J connectivity index is 3.47. The van der Waals surface area contributed by atoms with Gasteiger partial charge >= 0.3 is 10.2 Å². The molecule has 0 saturated heterocycles. The van der Waals surface area contributed by atoms with Crippen LogP contribution in [0.2, 0.25) is 0 Å². The van der Waals surface area contributed by atoms with Gasteiger partial charge in [0.1, 0.15) is 4.90 Å². The largest absolute Gasteiger partial charge is 0.505 e. The van der Waals surface area contributed by atoms with Crippen molar-refractivity contribution in [3.05, 3.63) is 24.0 Å². The number of hydrogen-bond acceptors (Lipinski definition) is 3. The Kier molecular flexibility index (Phi) is 2.01. The molecule has 0 spiro atoms. The molecular weight excluding hydrogens is 190 g/mol. The fourth-order valence-electron chi connectivity index (χ4n) is 0.688. The topological polar surface area (TPSA) is 54.4 Å². The molecule has 1 rings (SSSR count). The van der Waals surface area contributed by atoms with E-state index in [9.17, 15) is 16.7 Å². The number of halogens is 2. The predicted octanol–water partition coefficient (Wildman–Crippen LogP) is 1.19. The lowest BCUT2D eigenvalue weighted by molar-refractivity contribution is 0.421. The molecule has 12 heavy (non-hydrogen) atoms. The number of hydrogen-bond donors (Lipinski definition) is 1. The van der Waals surface area contributed by atoms with Crippen LogP contribution in [0.1, 0.15) is 0 Å². The number of phenols is 1. The fourth-order valence-corrected chi connectivity index (χ4v) is 1.25. The van der Waals surface area contributed by atoms with Gasteiger partial charge in [-0.05, 0) is 12.1 Å². The van der Waals surface area contributed by atoms with Crippen LogP contribution in [0.5, 0.6) is 5.75 Å². The number of benzene rings is 1. The smallest absolute Gasteiger partial charge is 0.335 e. The molecule has 0 saturated carbocycles. The van der Waals surface area contributed by atoms with Gasteiger partial charge in [0.2, 0.25) is 0 Å².